The highest BCUT2D eigenvalue weighted by atomic mass is 16.5. The molecule has 1 aromatic heterocycles. The third kappa shape index (κ3) is 4.14. The molecular weight excluding hydrogens is 442 g/mol. The maximum Gasteiger partial charge on any atom is 0.253 e. The summed E-state index contributed by atoms with van der Waals surface area (Å²) in [7, 11) is 2.05. The Balaban J connectivity index is 1.09. The number of hydrogen-bond donors (Lipinski definition) is 2. The monoisotopic (exact) mass is 475 g/mol. The highest BCUT2D eigenvalue weighted by Gasteiger charge is 2.42. The predicted octanol–water partition coefficient (Wildman–Crippen LogP) is 2.30. The molecule has 3 saturated heterocycles. The Labute approximate surface area is 206 Å². The van der Waals surface area contributed by atoms with E-state index in [1.165, 1.54) is 5.56 Å². The van der Waals surface area contributed by atoms with Gasteiger partial charge >= 0.3 is 0 Å². The topological polar surface area (TPSA) is 86.8 Å². The first-order valence-corrected chi connectivity index (χ1v) is 12.8. The molecule has 4 aliphatic rings. The third-order valence-electron chi connectivity index (χ3n) is 8.09. The Morgan fingerprint density at radius 1 is 1.00 bits per heavy atom. The highest BCUT2D eigenvalue weighted by Crippen LogP contribution is 2.39. The number of pyridine rings is 1. The predicted molar refractivity (Wildman–Crippen MR) is 133 cm³/mol. The van der Waals surface area contributed by atoms with E-state index in [-0.39, 0.29) is 23.9 Å². The molecule has 8 heteroatoms. The van der Waals surface area contributed by atoms with Gasteiger partial charge in [-0.25, -0.2) is 4.98 Å². The van der Waals surface area contributed by atoms with Crippen molar-refractivity contribution in [2.45, 2.75) is 63.2 Å². The molecule has 35 heavy (non-hydrogen) atoms. The van der Waals surface area contributed by atoms with E-state index in [0.717, 1.165) is 62.3 Å². The Bertz CT molecular complexity index is 1130. The molecule has 1 aromatic carbocycles. The molecule has 2 unspecified atom stereocenters. The van der Waals surface area contributed by atoms with Crippen LogP contribution in [0.4, 0.5) is 5.82 Å². The van der Waals surface area contributed by atoms with Crippen molar-refractivity contribution in [1.82, 2.24) is 20.5 Å². The summed E-state index contributed by atoms with van der Waals surface area (Å²) in [6.45, 7) is 4.46. The summed E-state index contributed by atoms with van der Waals surface area (Å²) in [5.41, 5.74) is 3.45. The molecule has 0 spiro atoms. The summed E-state index contributed by atoms with van der Waals surface area (Å²) in [6, 6.07) is 8.89. The number of likely N-dealkylation sites (N-methyl/N-ethyl adjacent to an activating group) is 1. The minimum Gasteiger partial charge on any atom is -0.493 e. The summed E-state index contributed by atoms with van der Waals surface area (Å²) in [5, 5.41) is 6.36. The van der Waals surface area contributed by atoms with E-state index in [4.69, 9.17) is 4.74 Å². The van der Waals surface area contributed by atoms with Crippen molar-refractivity contribution in [3.8, 4) is 5.75 Å². The van der Waals surface area contributed by atoms with Crippen molar-refractivity contribution in [2.75, 3.05) is 31.6 Å². The lowest BCUT2D eigenvalue weighted by atomic mass is 9.96. The molecule has 2 amide bonds. The van der Waals surface area contributed by atoms with Gasteiger partial charge in [-0.2, -0.15) is 0 Å². The Hall–Kier alpha value is -3.13. The van der Waals surface area contributed by atoms with Gasteiger partial charge in [-0.05, 0) is 63.4 Å². The van der Waals surface area contributed by atoms with Crippen LogP contribution in [0.15, 0.2) is 30.5 Å². The number of ether oxygens (including phenoxy) is 1. The van der Waals surface area contributed by atoms with Crippen LogP contribution in [0.1, 0.15) is 57.5 Å². The largest absolute Gasteiger partial charge is 0.493 e. The maximum atomic E-state index is 13.1. The fourth-order valence-electron chi connectivity index (χ4n) is 6.32. The van der Waals surface area contributed by atoms with Crippen molar-refractivity contribution >= 4 is 17.6 Å². The van der Waals surface area contributed by atoms with Gasteiger partial charge in [0.15, 0.2) is 0 Å². The van der Waals surface area contributed by atoms with Gasteiger partial charge in [0.2, 0.25) is 0 Å². The van der Waals surface area contributed by atoms with Crippen LogP contribution in [0, 0.1) is 6.92 Å². The van der Waals surface area contributed by atoms with Crippen molar-refractivity contribution in [1.29, 1.82) is 0 Å². The lowest BCUT2D eigenvalue weighted by molar-refractivity contribution is 0.0856. The van der Waals surface area contributed by atoms with E-state index < -0.39 is 0 Å². The number of rotatable bonds is 5. The second kappa shape index (κ2) is 8.82. The summed E-state index contributed by atoms with van der Waals surface area (Å²) >= 11 is 0. The Morgan fingerprint density at radius 2 is 1.74 bits per heavy atom. The lowest BCUT2D eigenvalue weighted by Crippen LogP contribution is -2.57. The molecule has 5 heterocycles. The number of benzene rings is 1. The van der Waals surface area contributed by atoms with E-state index in [9.17, 15) is 9.59 Å². The summed E-state index contributed by atoms with van der Waals surface area (Å²) in [4.78, 5) is 34.8. The van der Waals surface area contributed by atoms with E-state index in [1.807, 2.05) is 38.2 Å². The molecule has 4 aliphatic heterocycles. The van der Waals surface area contributed by atoms with Crippen LogP contribution in [-0.4, -0.2) is 72.6 Å². The number of aromatic nitrogens is 1. The van der Waals surface area contributed by atoms with Gasteiger partial charge in [-0.15, -0.1) is 0 Å². The number of carbonyl (C=O) groups excluding carboxylic acids is 2. The first kappa shape index (κ1) is 22.3. The smallest absolute Gasteiger partial charge is 0.253 e. The van der Waals surface area contributed by atoms with Gasteiger partial charge < -0.3 is 25.2 Å². The summed E-state index contributed by atoms with van der Waals surface area (Å²) in [5.74, 6) is 1.74. The van der Waals surface area contributed by atoms with Crippen LogP contribution in [-0.2, 0) is 6.42 Å². The molecule has 6 rings (SSSR count). The van der Waals surface area contributed by atoms with Crippen LogP contribution in [0.25, 0.3) is 0 Å². The zero-order valence-corrected chi connectivity index (χ0v) is 20.4. The van der Waals surface area contributed by atoms with Gasteiger partial charge in [0.25, 0.3) is 11.8 Å². The maximum absolute atomic E-state index is 13.1. The highest BCUT2D eigenvalue weighted by molar-refractivity contribution is 5.97. The second-order valence-electron chi connectivity index (χ2n) is 10.6. The fourth-order valence-corrected chi connectivity index (χ4v) is 6.32. The summed E-state index contributed by atoms with van der Waals surface area (Å²) in [6.07, 6.45) is 6.62. The van der Waals surface area contributed by atoms with Gasteiger partial charge in [0.1, 0.15) is 11.6 Å². The minimum absolute atomic E-state index is 0.00945. The molecule has 2 bridgehead atoms. The Morgan fingerprint density at radius 3 is 2.43 bits per heavy atom. The number of likely N-dealkylation sites (tertiary alicyclic amines) is 1. The van der Waals surface area contributed by atoms with Crippen molar-refractivity contribution < 1.29 is 14.3 Å². The van der Waals surface area contributed by atoms with E-state index in [0.29, 0.717) is 29.8 Å². The number of hydrogen-bond acceptors (Lipinski definition) is 6. The van der Waals surface area contributed by atoms with Gasteiger partial charge in [-0.1, -0.05) is 6.07 Å². The first-order chi connectivity index (χ1) is 17.0. The Kier molecular flexibility index (Phi) is 5.63. The van der Waals surface area contributed by atoms with Crippen molar-refractivity contribution in [2.24, 2.45) is 0 Å². The van der Waals surface area contributed by atoms with E-state index in [1.54, 1.807) is 6.20 Å². The van der Waals surface area contributed by atoms with Crippen LogP contribution in [0.2, 0.25) is 0 Å². The SMILES string of the molecule is Cc1c(C(=O)NC2CC3CCC(C2)N3c2ccc(C(=O)NC3CN(C)C3)cn2)ccc2c1OCC2. The zero-order chi connectivity index (χ0) is 24.1. The molecule has 184 valence electrons. The fraction of sp³-hybridized carbons (Fsp3) is 0.519. The minimum atomic E-state index is -0.0567. The molecule has 2 aromatic rings. The third-order valence-corrected chi connectivity index (χ3v) is 8.09. The first-order valence-electron chi connectivity index (χ1n) is 12.8. The average molecular weight is 476 g/mol. The second-order valence-corrected chi connectivity index (χ2v) is 10.6. The van der Waals surface area contributed by atoms with Crippen molar-refractivity contribution in [3.63, 3.8) is 0 Å². The number of fused-ring (bicyclic) bond motifs is 3. The van der Waals surface area contributed by atoms with Crippen LogP contribution in [0.5, 0.6) is 5.75 Å². The van der Waals surface area contributed by atoms with E-state index >= 15 is 0 Å². The number of nitrogens with zero attached hydrogens (tertiary/aromatic N) is 3. The number of carbonyl (C=O) groups is 2. The number of amides is 2. The lowest BCUT2D eigenvalue weighted by Gasteiger charge is -2.40. The molecule has 8 nitrogen and oxygen atoms in total. The van der Waals surface area contributed by atoms with Crippen LogP contribution < -0.4 is 20.3 Å². The molecule has 0 aliphatic carbocycles. The van der Waals surface area contributed by atoms with E-state index in [2.05, 4.69) is 25.4 Å². The van der Waals surface area contributed by atoms with Crippen LogP contribution in [0.3, 0.4) is 0 Å². The van der Waals surface area contributed by atoms with Gasteiger partial charge in [0.05, 0.1) is 18.2 Å². The van der Waals surface area contributed by atoms with Gasteiger partial charge in [0, 0.05) is 55.0 Å². The van der Waals surface area contributed by atoms with Crippen LogP contribution >= 0.6 is 0 Å². The molecule has 2 N–H and O–H groups in total. The molecule has 3 fully saturated rings. The molecule has 2 atom stereocenters. The number of anilines is 1. The number of nitrogens with one attached hydrogen (secondary N) is 2. The zero-order valence-electron chi connectivity index (χ0n) is 20.4. The normalized spacial score (nSPS) is 25.5. The number of piperidine rings is 1. The standard InChI is InChI=1S/C27H33N5O3/c1-16-23(7-3-17-9-10-35-25(16)17)27(34)29-19-11-21-5-6-22(12-19)32(21)24-8-4-18(13-28-24)26(33)30-20-14-31(2)15-20/h3-4,7-8,13,19-22H,5-6,9-12,14-15H2,1-2H3,(H,29,34)(H,30,33). The molecule has 0 saturated carbocycles. The molecular formula is C27H33N5O3. The van der Waals surface area contributed by atoms with Crippen molar-refractivity contribution in [3.05, 3.63) is 52.7 Å². The van der Waals surface area contributed by atoms with Gasteiger partial charge in [-0.3, -0.25) is 9.59 Å². The molecule has 0 radical (unpaired) electrons. The summed E-state index contributed by atoms with van der Waals surface area (Å²) < 4.78 is 5.75. The average Bonchev–Trinajstić information content (AvgIpc) is 3.41. The quantitative estimate of drug-likeness (QED) is 0.690.